The molecule has 0 bridgehead atoms. The number of carbonyl (C=O) groups excluding carboxylic acids is 2. The fourth-order valence-corrected chi connectivity index (χ4v) is 5.57. The van der Waals surface area contributed by atoms with E-state index in [0.29, 0.717) is 32.7 Å². The van der Waals surface area contributed by atoms with Gasteiger partial charge in [-0.2, -0.15) is 0 Å². The lowest BCUT2D eigenvalue weighted by atomic mass is 9.94. The zero-order valence-electron chi connectivity index (χ0n) is 19.3. The first-order chi connectivity index (χ1) is 16.7. The molecular weight excluding hydrogens is 598 g/mol. The first-order valence-electron chi connectivity index (χ1n) is 11.1. The second-order valence-electron chi connectivity index (χ2n) is 8.60. The lowest BCUT2D eigenvalue weighted by Crippen LogP contribution is -2.50. The standard InChI is InChI=1S/C27H24Br2ClNO4/c1-16-7-17(2)9-21(8-16)34-15-25(32)31-13-20-6-4-3-5-19(20)12-24(31)27(33)35-14-18-10-22(28)26(30)23(29)11-18/h3-11,24H,12-15H2,1-2H3. The number of fused-ring (bicyclic) bond motifs is 1. The predicted octanol–water partition coefficient (Wildman–Crippen LogP) is 6.56. The van der Waals surface area contributed by atoms with Crippen molar-refractivity contribution >= 4 is 55.3 Å². The van der Waals surface area contributed by atoms with Gasteiger partial charge in [-0.3, -0.25) is 4.79 Å². The monoisotopic (exact) mass is 619 g/mol. The van der Waals surface area contributed by atoms with Gasteiger partial charge in [0.1, 0.15) is 18.4 Å². The lowest BCUT2D eigenvalue weighted by Gasteiger charge is -2.35. The Morgan fingerprint density at radius 3 is 2.29 bits per heavy atom. The molecule has 0 saturated carbocycles. The van der Waals surface area contributed by atoms with Gasteiger partial charge in [-0.25, -0.2) is 4.79 Å². The van der Waals surface area contributed by atoms with Crippen LogP contribution >= 0.6 is 43.5 Å². The van der Waals surface area contributed by atoms with E-state index in [-0.39, 0.29) is 19.1 Å². The summed E-state index contributed by atoms with van der Waals surface area (Å²) in [5.41, 5.74) is 4.93. The van der Waals surface area contributed by atoms with E-state index in [1.807, 2.05) is 56.3 Å². The van der Waals surface area contributed by atoms with Crippen molar-refractivity contribution in [3.05, 3.63) is 96.4 Å². The normalized spacial score (nSPS) is 14.9. The van der Waals surface area contributed by atoms with Gasteiger partial charge in [-0.15, -0.1) is 0 Å². The molecule has 1 amide bonds. The van der Waals surface area contributed by atoms with Crippen LogP contribution in [0.3, 0.4) is 0 Å². The van der Waals surface area contributed by atoms with Crippen LogP contribution in [0.1, 0.15) is 27.8 Å². The number of aryl methyl sites for hydroxylation is 2. The van der Waals surface area contributed by atoms with Gasteiger partial charge >= 0.3 is 5.97 Å². The van der Waals surface area contributed by atoms with Crippen molar-refractivity contribution in [2.45, 2.75) is 39.5 Å². The topological polar surface area (TPSA) is 55.8 Å². The molecular formula is C27H24Br2ClNO4. The van der Waals surface area contributed by atoms with E-state index in [1.165, 1.54) is 0 Å². The van der Waals surface area contributed by atoms with Crippen molar-refractivity contribution in [1.29, 1.82) is 0 Å². The maximum atomic E-state index is 13.2. The van der Waals surface area contributed by atoms with E-state index in [1.54, 1.807) is 17.0 Å². The summed E-state index contributed by atoms with van der Waals surface area (Å²) in [6.45, 7) is 4.18. The van der Waals surface area contributed by atoms with Crippen LogP contribution in [0.5, 0.6) is 5.75 Å². The quantitative estimate of drug-likeness (QED) is 0.231. The molecule has 0 aliphatic carbocycles. The van der Waals surface area contributed by atoms with E-state index in [2.05, 4.69) is 31.9 Å². The van der Waals surface area contributed by atoms with Crippen LogP contribution in [0.25, 0.3) is 0 Å². The summed E-state index contributed by atoms with van der Waals surface area (Å²) in [5, 5.41) is 0.546. The smallest absolute Gasteiger partial charge is 0.329 e. The third kappa shape index (κ3) is 6.26. The highest BCUT2D eigenvalue weighted by Crippen LogP contribution is 2.32. The summed E-state index contributed by atoms with van der Waals surface area (Å²) in [6.07, 6.45) is 0.387. The van der Waals surface area contributed by atoms with Gasteiger partial charge in [0, 0.05) is 21.9 Å². The zero-order valence-corrected chi connectivity index (χ0v) is 23.2. The van der Waals surface area contributed by atoms with Gasteiger partial charge in [-0.1, -0.05) is 41.9 Å². The van der Waals surface area contributed by atoms with E-state index in [0.717, 1.165) is 27.8 Å². The first-order valence-corrected chi connectivity index (χ1v) is 13.0. The summed E-state index contributed by atoms with van der Waals surface area (Å²) in [5.74, 6) is -0.0923. The van der Waals surface area contributed by atoms with E-state index in [9.17, 15) is 9.59 Å². The van der Waals surface area contributed by atoms with Crippen molar-refractivity contribution in [3.8, 4) is 5.75 Å². The summed E-state index contributed by atoms with van der Waals surface area (Å²) < 4.78 is 12.8. The Labute approximate surface area is 226 Å². The molecule has 1 aliphatic heterocycles. The minimum Gasteiger partial charge on any atom is -0.484 e. The highest BCUT2D eigenvalue weighted by atomic mass is 79.9. The van der Waals surface area contributed by atoms with Crippen molar-refractivity contribution in [1.82, 2.24) is 4.90 Å². The second-order valence-corrected chi connectivity index (χ2v) is 10.7. The zero-order chi connectivity index (χ0) is 25.1. The van der Waals surface area contributed by atoms with Gasteiger partial charge in [0.2, 0.25) is 0 Å². The van der Waals surface area contributed by atoms with Crippen LogP contribution in [-0.2, 0) is 33.9 Å². The SMILES string of the molecule is Cc1cc(C)cc(OCC(=O)N2Cc3ccccc3CC2C(=O)OCc2cc(Br)c(Cl)c(Br)c2)c1. The van der Waals surface area contributed by atoms with Crippen LogP contribution < -0.4 is 4.74 Å². The summed E-state index contributed by atoms with van der Waals surface area (Å²) in [6, 6.07) is 16.5. The maximum absolute atomic E-state index is 13.2. The molecule has 0 spiro atoms. The number of rotatable bonds is 6. The molecule has 0 fully saturated rings. The Bertz CT molecular complexity index is 1240. The summed E-state index contributed by atoms with van der Waals surface area (Å²) in [7, 11) is 0. The minimum absolute atomic E-state index is 0.0620. The summed E-state index contributed by atoms with van der Waals surface area (Å²) >= 11 is 13.0. The molecule has 3 aromatic carbocycles. The average molecular weight is 622 g/mol. The summed E-state index contributed by atoms with van der Waals surface area (Å²) in [4.78, 5) is 28.0. The van der Waals surface area contributed by atoms with Crippen molar-refractivity contribution in [3.63, 3.8) is 0 Å². The second kappa shape index (κ2) is 11.1. The highest BCUT2D eigenvalue weighted by Gasteiger charge is 2.36. The van der Waals surface area contributed by atoms with Crippen LogP contribution in [0.2, 0.25) is 5.02 Å². The van der Waals surface area contributed by atoms with E-state index < -0.39 is 12.0 Å². The molecule has 1 heterocycles. The fraction of sp³-hybridized carbons (Fsp3) is 0.259. The van der Waals surface area contributed by atoms with Crippen LogP contribution in [-0.4, -0.2) is 29.4 Å². The lowest BCUT2D eigenvalue weighted by molar-refractivity contribution is -0.158. The van der Waals surface area contributed by atoms with Crippen LogP contribution in [0.4, 0.5) is 0 Å². The fourth-order valence-electron chi connectivity index (χ4n) is 4.18. The minimum atomic E-state index is -0.737. The third-order valence-electron chi connectivity index (χ3n) is 5.82. The Kier molecular flexibility index (Phi) is 8.19. The molecule has 8 heteroatoms. The molecule has 1 atom stereocenters. The van der Waals surface area contributed by atoms with Gasteiger partial charge in [0.25, 0.3) is 5.91 Å². The van der Waals surface area contributed by atoms with E-state index >= 15 is 0 Å². The molecule has 0 radical (unpaired) electrons. The number of carbonyl (C=O) groups is 2. The number of ether oxygens (including phenoxy) is 2. The van der Waals surface area contributed by atoms with Gasteiger partial charge in [-0.05, 0) is 97.8 Å². The molecule has 1 aliphatic rings. The molecule has 182 valence electrons. The molecule has 1 unspecified atom stereocenters. The Morgan fingerprint density at radius 2 is 1.63 bits per heavy atom. The van der Waals surface area contributed by atoms with Gasteiger partial charge in [0.05, 0.1) is 5.02 Å². The van der Waals surface area contributed by atoms with Gasteiger partial charge in [0.15, 0.2) is 6.61 Å². The number of halogens is 3. The molecule has 0 aromatic heterocycles. The number of benzene rings is 3. The number of nitrogens with zero attached hydrogens (tertiary/aromatic N) is 1. The molecule has 0 saturated heterocycles. The van der Waals surface area contributed by atoms with Crippen molar-refractivity contribution < 1.29 is 19.1 Å². The third-order valence-corrected chi connectivity index (χ3v) is 7.94. The van der Waals surface area contributed by atoms with E-state index in [4.69, 9.17) is 21.1 Å². The number of hydrogen-bond donors (Lipinski definition) is 0. The Balaban J connectivity index is 1.49. The molecule has 4 rings (SSSR count). The number of esters is 1. The first kappa shape index (κ1) is 25.7. The molecule has 35 heavy (non-hydrogen) atoms. The van der Waals surface area contributed by atoms with Gasteiger partial charge < -0.3 is 14.4 Å². The highest BCUT2D eigenvalue weighted by molar-refractivity contribution is 9.11. The Morgan fingerprint density at radius 1 is 1.00 bits per heavy atom. The number of amides is 1. The maximum Gasteiger partial charge on any atom is 0.329 e. The molecule has 5 nitrogen and oxygen atoms in total. The Hall–Kier alpha value is -2.35. The van der Waals surface area contributed by atoms with Crippen molar-refractivity contribution in [2.75, 3.05) is 6.61 Å². The van der Waals surface area contributed by atoms with Crippen LogP contribution in [0, 0.1) is 13.8 Å². The largest absolute Gasteiger partial charge is 0.484 e. The molecule has 3 aromatic rings. The number of hydrogen-bond acceptors (Lipinski definition) is 4. The average Bonchev–Trinajstić information content (AvgIpc) is 2.82. The van der Waals surface area contributed by atoms with Crippen molar-refractivity contribution in [2.24, 2.45) is 0 Å². The molecule has 0 N–H and O–H groups in total. The van der Waals surface area contributed by atoms with Crippen LogP contribution in [0.15, 0.2) is 63.5 Å². The predicted molar refractivity (Wildman–Crippen MR) is 143 cm³/mol.